The van der Waals surface area contributed by atoms with Crippen LogP contribution >= 0.6 is 0 Å². The van der Waals surface area contributed by atoms with Gasteiger partial charge in [-0.05, 0) is 51.8 Å². The lowest BCUT2D eigenvalue weighted by atomic mass is 9.82. The van der Waals surface area contributed by atoms with E-state index in [1.54, 1.807) is 0 Å². The monoisotopic (exact) mass is 274 g/mol. The summed E-state index contributed by atoms with van der Waals surface area (Å²) in [6, 6.07) is 8.53. The lowest BCUT2D eigenvalue weighted by Gasteiger charge is -2.33. The molecule has 1 heterocycles. The highest BCUT2D eigenvalue weighted by Gasteiger charge is 2.32. The number of carbonyl (C=O) groups is 1. The minimum atomic E-state index is -0.488. The minimum absolute atomic E-state index is 0.125. The number of piperidine rings is 1. The highest BCUT2D eigenvalue weighted by molar-refractivity contribution is 5.87. The second-order valence-electron chi connectivity index (χ2n) is 6.54. The Labute approximate surface area is 122 Å². The number of aryl methyl sites for hydroxylation is 1. The van der Waals surface area contributed by atoms with Crippen LogP contribution in [0.15, 0.2) is 24.3 Å². The smallest absolute Gasteiger partial charge is 0.230 e. The van der Waals surface area contributed by atoms with E-state index in [2.05, 4.69) is 48.7 Å². The van der Waals surface area contributed by atoms with Crippen molar-refractivity contribution in [3.63, 3.8) is 0 Å². The molecule has 0 aromatic heterocycles. The first-order chi connectivity index (χ1) is 9.41. The number of hydrogen-bond donors (Lipinski definition) is 2. The fourth-order valence-electron chi connectivity index (χ4n) is 2.68. The van der Waals surface area contributed by atoms with Crippen LogP contribution in [0.2, 0.25) is 0 Å². The normalized spacial score (nSPS) is 23.4. The molecule has 1 fully saturated rings. The van der Waals surface area contributed by atoms with E-state index >= 15 is 0 Å². The van der Waals surface area contributed by atoms with E-state index in [9.17, 15) is 4.79 Å². The van der Waals surface area contributed by atoms with Crippen LogP contribution in [-0.2, 0) is 10.2 Å². The second-order valence-corrected chi connectivity index (χ2v) is 6.54. The number of amides is 1. The van der Waals surface area contributed by atoms with Crippen molar-refractivity contribution in [1.82, 2.24) is 10.6 Å². The van der Waals surface area contributed by atoms with Crippen molar-refractivity contribution in [3.8, 4) is 0 Å². The number of hydrogen-bond acceptors (Lipinski definition) is 2. The summed E-state index contributed by atoms with van der Waals surface area (Å²) in [6.07, 6.45) is 1.01. The topological polar surface area (TPSA) is 41.1 Å². The first-order valence-electron chi connectivity index (χ1n) is 7.50. The summed E-state index contributed by atoms with van der Waals surface area (Å²) in [5.41, 5.74) is 1.80. The van der Waals surface area contributed by atoms with Gasteiger partial charge in [0, 0.05) is 6.04 Å². The predicted molar refractivity (Wildman–Crippen MR) is 82.8 cm³/mol. The molecule has 0 aliphatic carbocycles. The molecule has 1 saturated heterocycles. The van der Waals surface area contributed by atoms with Gasteiger partial charge in [-0.25, -0.2) is 0 Å². The molecule has 1 aliphatic heterocycles. The van der Waals surface area contributed by atoms with Gasteiger partial charge in [0.2, 0.25) is 5.91 Å². The average molecular weight is 274 g/mol. The Morgan fingerprint density at radius 3 is 2.55 bits per heavy atom. The molecule has 2 rings (SSSR count). The van der Waals surface area contributed by atoms with Gasteiger partial charge < -0.3 is 10.6 Å². The van der Waals surface area contributed by atoms with Crippen molar-refractivity contribution in [2.24, 2.45) is 5.92 Å². The van der Waals surface area contributed by atoms with Gasteiger partial charge in [-0.2, -0.15) is 0 Å². The first kappa shape index (κ1) is 15.0. The molecule has 0 spiro atoms. The number of nitrogens with one attached hydrogen (secondary N) is 2. The van der Waals surface area contributed by atoms with Crippen LogP contribution in [0.25, 0.3) is 0 Å². The quantitative estimate of drug-likeness (QED) is 0.888. The molecule has 3 nitrogen and oxygen atoms in total. The van der Waals surface area contributed by atoms with Crippen molar-refractivity contribution in [2.45, 2.75) is 45.6 Å². The average Bonchev–Trinajstić information content (AvgIpc) is 2.41. The lowest BCUT2D eigenvalue weighted by molar-refractivity contribution is -0.126. The Hall–Kier alpha value is -1.35. The van der Waals surface area contributed by atoms with E-state index in [-0.39, 0.29) is 11.9 Å². The van der Waals surface area contributed by atoms with Crippen LogP contribution in [0, 0.1) is 12.8 Å². The van der Waals surface area contributed by atoms with Gasteiger partial charge in [-0.1, -0.05) is 36.8 Å². The maximum Gasteiger partial charge on any atom is 0.230 e. The van der Waals surface area contributed by atoms with Gasteiger partial charge in [0.15, 0.2) is 0 Å². The van der Waals surface area contributed by atoms with Gasteiger partial charge in [0.1, 0.15) is 0 Å². The third-order valence-corrected chi connectivity index (χ3v) is 4.44. The molecule has 1 aromatic rings. The Bertz CT molecular complexity index is 464. The number of rotatable bonds is 3. The molecule has 3 heteroatoms. The standard InChI is InChI=1S/C17H26N2O/c1-12-5-7-14(8-6-12)17(3,4)16(20)19-15-9-10-18-11-13(15)2/h5-8,13,15,18H,9-11H2,1-4H3,(H,19,20). The van der Waals surface area contributed by atoms with E-state index in [4.69, 9.17) is 0 Å². The Morgan fingerprint density at radius 1 is 1.30 bits per heavy atom. The van der Waals surface area contributed by atoms with Gasteiger partial charge in [0.05, 0.1) is 5.41 Å². The highest BCUT2D eigenvalue weighted by Crippen LogP contribution is 2.24. The molecule has 2 N–H and O–H groups in total. The highest BCUT2D eigenvalue weighted by atomic mass is 16.2. The van der Waals surface area contributed by atoms with E-state index in [0.29, 0.717) is 5.92 Å². The second kappa shape index (κ2) is 5.96. The third-order valence-electron chi connectivity index (χ3n) is 4.44. The van der Waals surface area contributed by atoms with Crippen molar-refractivity contribution < 1.29 is 4.79 Å². The molecule has 0 bridgehead atoms. The largest absolute Gasteiger partial charge is 0.352 e. The predicted octanol–water partition coefficient (Wildman–Crippen LogP) is 2.39. The molecule has 110 valence electrons. The summed E-state index contributed by atoms with van der Waals surface area (Å²) in [7, 11) is 0. The van der Waals surface area contributed by atoms with Gasteiger partial charge in [-0.15, -0.1) is 0 Å². The van der Waals surface area contributed by atoms with Crippen molar-refractivity contribution in [1.29, 1.82) is 0 Å². The van der Waals surface area contributed by atoms with Crippen LogP contribution in [0.4, 0.5) is 0 Å². The summed E-state index contributed by atoms with van der Waals surface area (Å²) < 4.78 is 0. The Balaban J connectivity index is 2.08. The van der Waals surface area contributed by atoms with Crippen LogP contribution < -0.4 is 10.6 Å². The van der Waals surface area contributed by atoms with E-state index < -0.39 is 5.41 Å². The Morgan fingerprint density at radius 2 is 1.95 bits per heavy atom. The molecule has 2 atom stereocenters. The first-order valence-corrected chi connectivity index (χ1v) is 7.50. The third kappa shape index (κ3) is 3.21. The summed E-state index contributed by atoms with van der Waals surface area (Å²) in [6.45, 7) is 10.2. The van der Waals surface area contributed by atoms with Crippen LogP contribution in [-0.4, -0.2) is 25.0 Å². The summed E-state index contributed by atoms with van der Waals surface area (Å²) in [5, 5.41) is 6.61. The van der Waals surface area contributed by atoms with Gasteiger partial charge >= 0.3 is 0 Å². The van der Waals surface area contributed by atoms with E-state index in [0.717, 1.165) is 25.1 Å². The zero-order valence-electron chi connectivity index (χ0n) is 13.0. The van der Waals surface area contributed by atoms with E-state index in [1.165, 1.54) is 5.56 Å². The molecule has 2 unspecified atom stereocenters. The molecular formula is C17H26N2O. The molecular weight excluding hydrogens is 248 g/mol. The zero-order valence-corrected chi connectivity index (χ0v) is 13.0. The molecule has 1 amide bonds. The van der Waals surface area contributed by atoms with Crippen LogP contribution in [0.1, 0.15) is 38.3 Å². The molecule has 1 aromatic carbocycles. The van der Waals surface area contributed by atoms with Crippen LogP contribution in [0.5, 0.6) is 0 Å². The lowest BCUT2D eigenvalue weighted by Crippen LogP contribution is -2.52. The van der Waals surface area contributed by atoms with Gasteiger partial charge in [-0.3, -0.25) is 4.79 Å². The fraction of sp³-hybridized carbons (Fsp3) is 0.588. The summed E-state index contributed by atoms with van der Waals surface area (Å²) >= 11 is 0. The Kier molecular flexibility index (Phi) is 4.48. The minimum Gasteiger partial charge on any atom is -0.352 e. The van der Waals surface area contributed by atoms with Crippen molar-refractivity contribution in [2.75, 3.05) is 13.1 Å². The van der Waals surface area contributed by atoms with Crippen molar-refractivity contribution >= 4 is 5.91 Å². The summed E-state index contributed by atoms with van der Waals surface area (Å²) in [4.78, 5) is 12.6. The van der Waals surface area contributed by atoms with Crippen molar-refractivity contribution in [3.05, 3.63) is 35.4 Å². The fourth-order valence-corrected chi connectivity index (χ4v) is 2.68. The van der Waals surface area contributed by atoms with Crippen LogP contribution in [0.3, 0.4) is 0 Å². The SMILES string of the molecule is Cc1ccc(C(C)(C)C(=O)NC2CCNCC2C)cc1. The molecule has 1 aliphatic rings. The number of benzene rings is 1. The van der Waals surface area contributed by atoms with E-state index in [1.807, 2.05) is 13.8 Å². The summed E-state index contributed by atoms with van der Waals surface area (Å²) in [5.74, 6) is 0.613. The maximum atomic E-state index is 12.6. The number of carbonyl (C=O) groups excluding carboxylic acids is 1. The maximum absolute atomic E-state index is 12.6. The zero-order chi connectivity index (χ0) is 14.8. The molecule has 20 heavy (non-hydrogen) atoms. The molecule has 0 radical (unpaired) electrons. The van der Waals surface area contributed by atoms with Gasteiger partial charge in [0.25, 0.3) is 0 Å². The molecule has 0 saturated carbocycles.